The van der Waals surface area contributed by atoms with Crippen molar-refractivity contribution >= 4 is 184 Å². The van der Waals surface area contributed by atoms with Crippen LogP contribution in [0.5, 0.6) is 0 Å². The summed E-state index contributed by atoms with van der Waals surface area (Å²) in [6.45, 7) is 0. The topological polar surface area (TPSA) is 39.4 Å². The third-order valence-corrected chi connectivity index (χ3v) is 25.6. The predicted octanol–water partition coefficient (Wildman–Crippen LogP) is 36.8. The highest BCUT2D eigenvalue weighted by molar-refractivity contribution is 6.26. The fraction of sp³-hybridized carbons (Fsp3) is 0. The van der Waals surface area contributed by atoms with Crippen molar-refractivity contribution in [2.45, 2.75) is 0 Å². The molecule has 3 aromatic heterocycles. The number of benzene rings is 25. The molecule has 0 radical (unpaired) electrons. The van der Waals surface area contributed by atoms with Crippen molar-refractivity contribution in [2.24, 2.45) is 0 Å². The maximum Gasteiger partial charge on any atom is 0.136 e. The number of hydrogen-bond donors (Lipinski definition) is 0. The first kappa shape index (κ1) is 54.6. The fourth-order valence-corrected chi connectivity index (χ4v) is 19.6. The molecule has 0 aliphatic heterocycles. The van der Waals surface area contributed by atoms with Crippen molar-refractivity contribution < 1.29 is 46.1 Å². The van der Waals surface area contributed by atoms with Gasteiger partial charge in [-0.1, -0.05) is 394 Å². The van der Waals surface area contributed by atoms with Crippen molar-refractivity contribution in [3.63, 3.8) is 0 Å². The minimum atomic E-state index is -0.433. The van der Waals surface area contributed by atoms with Crippen LogP contribution in [0.4, 0.5) is 0 Å². The molecule has 0 amide bonds. The van der Waals surface area contributed by atoms with E-state index in [-0.39, 0.29) is 137 Å². The van der Waals surface area contributed by atoms with Crippen LogP contribution < -0.4 is 0 Å². The zero-order valence-electron chi connectivity index (χ0n) is 93.4. The van der Waals surface area contributed by atoms with Gasteiger partial charge in [0.2, 0.25) is 0 Å². The van der Waals surface area contributed by atoms with E-state index in [1.165, 1.54) is 0 Å². The van der Waals surface area contributed by atoms with E-state index in [1.807, 2.05) is 231 Å². The number of furan rings is 3. The van der Waals surface area contributed by atoms with Gasteiger partial charge >= 0.3 is 0 Å². The van der Waals surface area contributed by atoms with Crippen LogP contribution in [0.15, 0.2) is 486 Å². The van der Waals surface area contributed by atoms with Crippen LogP contribution in [-0.2, 0) is 0 Å². The van der Waals surface area contributed by atoms with E-state index in [1.54, 1.807) is 36.4 Å². The molecule has 608 valence electrons. The third kappa shape index (κ3) is 12.7. The molecule has 0 atom stereocenters. The van der Waals surface area contributed by atoms with Crippen LogP contribution in [0.2, 0.25) is 0 Å². The van der Waals surface area contributed by atoms with E-state index in [0.29, 0.717) is 89.1 Å². The van der Waals surface area contributed by atoms with Crippen LogP contribution in [0.25, 0.3) is 273 Å². The SMILES string of the molecule is [2H]c1c([2H])c([2H])c2c(-c3ccc(-c4ccc5oc6cc7ccccc7cc6c5c4)cc3)c3c([2H])c([2H])c([2H])c([2H])c3c(-c3ccccc3)c2c1[2H].[2H]c1c([2H])c([2H])c2c(-c3ccc4oc5cc6ccccc6cc5c4c3)c3c([2H])c([2H])c([2H])c([2H])c3c(-c3ccc(-c4cccc5ccccc45)cc3)c2c1[2H].[2H]c1c([2H])c([2H])c2c(-c3ccc4oc5cc6ccccc6cc5c4c3)c3c([2H])c([2H])c([2H])c([2H])c3c(-c3ccc4ccccc4c3)c2c1[2H]. The van der Waals surface area contributed by atoms with Crippen molar-refractivity contribution in [3.05, 3.63) is 473 Å². The largest absolute Gasteiger partial charge is 0.456 e. The summed E-state index contributed by atoms with van der Waals surface area (Å²) in [7, 11) is 0. The van der Waals surface area contributed by atoms with Crippen LogP contribution in [0.1, 0.15) is 32.9 Å². The molecule has 3 nitrogen and oxygen atoms in total. The molecule has 0 spiro atoms. The summed E-state index contributed by atoms with van der Waals surface area (Å²) < 4.78 is 234. The van der Waals surface area contributed by atoms with Crippen LogP contribution in [-0.4, -0.2) is 0 Å². The predicted molar refractivity (Wildman–Crippen MR) is 557 cm³/mol. The van der Waals surface area contributed by atoms with E-state index in [0.717, 1.165) is 120 Å². The van der Waals surface area contributed by atoms with Gasteiger partial charge in [0.15, 0.2) is 0 Å². The first-order valence-corrected chi connectivity index (χ1v) is 43.1. The lowest BCUT2D eigenvalue weighted by molar-refractivity contribution is 0.669. The molecule has 0 saturated heterocycles. The Hall–Kier alpha value is -17.2. The summed E-state index contributed by atoms with van der Waals surface area (Å²) in [4.78, 5) is 0. The minimum absolute atomic E-state index is 0.175. The molecule has 0 bridgehead atoms. The Morgan fingerprint density at radius 3 is 0.748 bits per heavy atom. The Bertz CT molecular complexity index is 10900. The van der Waals surface area contributed by atoms with Crippen molar-refractivity contribution in [2.75, 3.05) is 0 Å². The first-order chi connectivity index (χ1) is 74.9. The maximum absolute atomic E-state index is 9.35. The molecule has 25 aromatic carbocycles. The van der Waals surface area contributed by atoms with E-state index in [9.17, 15) is 11.0 Å². The Labute approximate surface area is 788 Å². The van der Waals surface area contributed by atoms with E-state index in [4.69, 9.17) is 35.2 Å². The standard InChI is InChI=1S/C46H28O.C42H26O.C40H24O/c1-2-12-33-28-44-42(26-32(33)11-1)41-27-34(24-25-43(41)47-44)46-39-17-7-5-15-37(39)45(38-16-6-8-18-40(38)46)31-22-20-30(21-23-31)36-19-9-13-29-10-3-4-14-35(29)36;1-2-10-28(11-3-1)41-33-14-6-8-16-35(33)42(36-17-9-7-15-34(36)41)29-20-18-27(19-21-29)32-22-23-39-37(25-32)38-24-30-12-4-5-13-31(30)26-40(38)43-39;1-2-10-26-21-29(18-17-25(26)9-1)39-31-13-5-7-15-33(31)40(34-16-8-6-14-32(34)39)30-19-20-37-35(23-30)36-22-27-11-3-4-12-28(27)24-38(36)41-37/h1-28H;1-26H;1-24H/i5D,6D,7D,8D,15D,16D,17D,18D;6D,7D,8D,9D,14D,15D,16D,17D;5D,6D,7D,8D,13D,14D,15D,16D. The Balaban J connectivity index is 0.000000116. The van der Waals surface area contributed by atoms with Gasteiger partial charge in [0.05, 0.1) is 32.9 Å². The molecular weight excluding hydrogens is 1590 g/mol. The summed E-state index contributed by atoms with van der Waals surface area (Å²) in [5, 5.41) is 17.9. The molecule has 0 aliphatic rings. The molecule has 3 heterocycles. The quantitative estimate of drug-likeness (QED) is 0.142. The summed E-state index contributed by atoms with van der Waals surface area (Å²) >= 11 is 0. The Morgan fingerprint density at radius 1 is 0.130 bits per heavy atom. The number of rotatable bonds is 8. The van der Waals surface area contributed by atoms with Crippen molar-refractivity contribution in [1.82, 2.24) is 0 Å². The van der Waals surface area contributed by atoms with Gasteiger partial charge in [-0.3, -0.25) is 0 Å². The highest BCUT2D eigenvalue weighted by Gasteiger charge is 2.24. The summed E-state index contributed by atoms with van der Waals surface area (Å²) in [6, 6.07) is 96.7. The van der Waals surface area contributed by atoms with E-state index in [2.05, 4.69) is 60.7 Å². The lowest BCUT2D eigenvalue weighted by atomic mass is 9.85. The van der Waals surface area contributed by atoms with Gasteiger partial charge in [-0.25, -0.2) is 0 Å². The summed E-state index contributed by atoms with van der Waals surface area (Å²) in [5.74, 6) is 0. The number of fused-ring (bicyclic) bond motifs is 20. The number of hydrogen-bond acceptors (Lipinski definition) is 3. The van der Waals surface area contributed by atoms with Gasteiger partial charge in [-0.15, -0.1) is 0 Å². The molecule has 0 fully saturated rings. The summed E-state index contributed by atoms with van der Waals surface area (Å²) in [6.07, 6.45) is 0. The molecule has 28 rings (SSSR count). The second-order valence-electron chi connectivity index (χ2n) is 32.9. The second kappa shape index (κ2) is 30.8. The van der Waals surface area contributed by atoms with Crippen LogP contribution in [0.3, 0.4) is 0 Å². The monoisotopic (exact) mass is 1690 g/mol. The lowest BCUT2D eigenvalue weighted by Gasteiger charge is -2.18. The third-order valence-electron chi connectivity index (χ3n) is 25.6. The normalized spacial score (nSPS) is 14.4. The van der Waals surface area contributed by atoms with Crippen molar-refractivity contribution in [3.8, 4) is 89.0 Å². The highest BCUT2D eigenvalue weighted by Crippen LogP contribution is 2.51. The minimum Gasteiger partial charge on any atom is -0.456 e. The molecule has 0 N–H and O–H groups in total. The van der Waals surface area contributed by atoms with Gasteiger partial charge in [-0.2, -0.15) is 0 Å². The zero-order valence-corrected chi connectivity index (χ0v) is 69.4. The average molecular weight is 1690 g/mol. The van der Waals surface area contributed by atoms with Gasteiger partial charge in [0.1, 0.15) is 33.5 Å². The molecule has 3 heteroatoms. The smallest absolute Gasteiger partial charge is 0.136 e. The zero-order chi connectivity index (χ0) is 107. The van der Waals surface area contributed by atoms with Crippen LogP contribution in [0, 0.1) is 0 Å². The maximum atomic E-state index is 9.35. The van der Waals surface area contributed by atoms with Gasteiger partial charge in [-0.05, 0) is 286 Å². The second-order valence-corrected chi connectivity index (χ2v) is 32.9. The van der Waals surface area contributed by atoms with Crippen molar-refractivity contribution in [1.29, 1.82) is 0 Å². The van der Waals surface area contributed by atoms with E-state index >= 15 is 0 Å². The average Bonchev–Trinajstić information content (AvgIpc) is 1.15. The molecular formula is C128H78O3. The van der Waals surface area contributed by atoms with Gasteiger partial charge in [0, 0.05) is 32.3 Å². The van der Waals surface area contributed by atoms with Crippen LogP contribution >= 0.6 is 0 Å². The first-order valence-electron chi connectivity index (χ1n) is 55.1. The Morgan fingerprint density at radius 2 is 0.374 bits per heavy atom. The Kier molecular flexibility index (Phi) is 12.8. The summed E-state index contributed by atoms with van der Waals surface area (Å²) in [5.41, 5.74) is 13.3. The fourth-order valence-electron chi connectivity index (χ4n) is 19.6. The highest BCUT2D eigenvalue weighted by atomic mass is 16.3. The molecule has 28 aromatic rings. The molecule has 0 saturated carbocycles. The van der Waals surface area contributed by atoms with Gasteiger partial charge < -0.3 is 13.3 Å². The van der Waals surface area contributed by atoms with E-state index < -0.39 is 72.5 Å². The molecule has 0 unspecified atom stereocenters. The molecule has 131 heavy (non-hydrogen) atoms. The molecule has 0 aliphatic carbocycles. The lowest BCUT2D eigenvalue weighted by Crippen LogP contribution is -1.91. The van der Waals surface area contributed by atoms with Gasteiger partial charge in [0.25, 0.3) is 0 Å².